The van der Waals surface area contributed by atoms with Crippen LogP contribution in [0.25, 0.3) is 11.1 Å². The molecule has 3 rings (SSSR count). The van der Waals surface area contributed by atoms with Crippen LogP contribution in [0.1, 0.15) is 26.3 Å². The van der Waals surface area contributed by atoms with E-state index in [0.717, 1.165) is 5.56 Å². The van der Waals surface area contributed by atoms with Crippen LogP contribution in [0.5, 0.6) is 5.75 Å². The predicted octanol–water partition coefficient (Wildman–Crippen LogP) is 6.68. The Kier molecular flexibility index (Phi) is 9.20. The quantitative estimate of drug-likeness (QED) is 0.317. The summed E-state index contributed by atoms with van der Waals surface area (Å²) in [4.78, 5) is 0. The minimum atomic E-state index is -5.60. The van der Waals surface area contributed by atoms with Crippen LogP contribution in [-0.4, -0.2) is 13.9 Å². The van der Waals surface area contributed by atoms with Crippen LogP contribution in [0, 0.1) is 0 Å². The summed E-state index contributed by atoms with van der Waals surface area (Å²) < 4.78 is 61.7. The van der Waals surface area contributed by atoms with Gasteiger partial charge in [0.2, 0.25) is 0 Å². The maximum Gasteiger partial charge on any atom is 0.534 e. The third-order valence-electron chi connectivity index (χ3n) is 4.09. The molecule has 31 heavy (non-hydrogen) atoms. The molecule has 0 amide bonds. The first-order valence-electron chi connectivity index (χ1n) is 9.12. The zero-order valence-electron chi connectivity index (χ0n) is 17.3. The zero-order valence-corrected chi connectivity index (χ0v) is 19.2. The first-order chi connectivity index (χ1) is 13.9. The molecule has 0 radical (unpaired) electrons. The lowest BCUT2D eigenvalue weighted by atomic mass is 9.87. The molecule has 0 saturated heterocycles. The maximum absolute atomic E-state index is 12.1. The van der Waals surface area contributed by atoms with Crippen molar-refractivity contribution in [3.05, 3.63) is 90.5 Å². The molecular formula is C23H25F3O3S2. The smallest absolute Gasteiger partial charge is 0.376 e. The lowest BCUT2D eigenvalue weighted by molar-refractivity contribution is -0.0500. The third kappa shape index (κ3) is 7.95. The van der Waals surface area contributed by atoms with Crippen LogP contribution in [0.2, 0.25) is 0 Å². The minimum absolute atomic E-state index is 0. The highest BCUT2D eigenvalue weighted by molar-refractivity contribution is 7.88. The molecule has 0 aliphatic heterocycles. The lowest BCUT2D eigenvalue weighted by Gasteiger charge is -2.19. The standard InChI is InChI=1S/C12H10.C11H13F3O3S.H2S/c1-3-7-11(8-4-1)12-9-5-2-6-10-12;1-10(2,3)8-4-6-9(7-5-8)17-18(15,16)11(12,13)14;/h1-10H;4-7H,1-3H3;1H2. The molecule has 0 N–H and O–H groups in total. The summed E-state index contributed by atoms with van der Waals surface area (Å²) in [7, 11) is -5.60. The molecule has 0 bridgehead atoms. The summed E-state index contributed by atoms with van der Waals surface area (Å²) >= 11 is 0. The van der Waals surface area contributed by atoms with E-state index in [9.17, 15) is 21.6 Å². The van der Waals surface area contributed by atoms with Crippen LogP contribution >= 0.6 is 13.5 Å². The third-order valence-corrected chi connectivity index (χ3v) is 5.07. The topological polar surface area (TPSA) is 43.4 Å². The predicted molar refractivity (Wildman–Crippen MR) is 123 cm³/mol. The Morgan fingerprint density at radius 2 is 1.06 bits per heavy atom. The Labute approximate surface area is 188 Å². The Morgan fingerprint density at radius 3 is 1.39 bits per heavy atom. The molecule has 0 unspecified atom stereocenters. The molecule has 3 aromatic rings. The van der Waals surface area contributed by atoms with E-state index in [1.807, 2.05) is 32.9 Å². The van der Waals surface area contributed by atoms with Crippen molar-refractivity contribution in [3.8, 4) is 16.9 Å². The highest BCUT2D eigenvalue weighted by Gasteiger charge is 2.48. The SMILES string of the molecule is CC(C)(C)c1ccc(OS(=O)(=O)C(F)(F)F)cc1.S.c1ccc(-c2ccccc2)cc1. The number of alkyl halides is 3. The summed E-state index contributed by atoms with van der Waals surface area (Å²) in [6.07, 6.45) is 0. The van der Waals surface area contributed by atoms with E-state index in [-0.39, 0.29) is 24.7 Å². The van der Waals surface area contributed by atoms with Crippen molar-refractivity contribution in [1.82, 2.24) is 0 Å². The molecule has 0 spiro atoms. The van der Waals surface area contributed by atoms with Crippen molar-refractivity contribution in [1.29, 1.82) is 0 Å². The van der Waals surface area contributed by atoms with Gasteiger partial charge in [-0.1, -0.05) is 93.6 Å². The molecule has 8 heteroatoms. The molecule has 0 aliphatic carbocycles. The van der Waals surface area contributed by atoms with Crippen LogP contribution < -0.4 is 4.18 Å². The van der Waals surface area contributed by atoms with Crippen LogP contribution in [-0.2, 0) is 15.5 Å². The Balaban J connectivity index is 0.000000321. The summed E-state index contributed by atoms with van der Waals surface area (Å²) in [5.41, 5.74) is -2.19. The van der Waals surface area contributed by atoms with E-state index in [0.29, 0.717) is 0 Å². The zero-order chi connectivity index (χ0) is 22.4. The van der Waals surface area contributed by atoms with Gasteiger partial charge in [0, 0.05) is 0 Å². The van der Waals surface area contributed by atoms with Crippen molar-refractivity contribution in [2.24, 2.45) is 0 Å². The molecule has 0 saturated carbocycles. The molecule has 168 valence electrons. The summed E-state index contributed by atoms with van der Waals surface area (Å²) in [6.45, 7) is 5.78. The Morgan fingerprint density at radius 1 is 0.677 bits per heavy atom. The molecule has 3 nitrogen and oxygen atoms in total. The molecule has 0 aromatic heterocycles. The van der Waals surface area contributed by atoms with Crippen LogP contribution in [0.3, 0.4) is 0 Å². The Hall–Kier alpha value is -2.45. The number of hydrogen-bond acceptors (Lipinski definition) is 3. The second-order valence-corrected chi connectivity index (χ2v) is 9.03. The number of rotatable bonds is 3. The number of benzene rings is 3. The van der Waals surface area contributed by atoms with Gasteiger partial charge in [-0.3, -0.25) is 0 Å². The first-order valence-corrected chi connectivity index (χ1v) is 10.5. The number of hydrogen-bond donors (Lipinski definition) is 0. The molecule has 0 atom stereocenters. The van der Waals surface area contributed by atoms with E-state index in [2.05, 4.69) is 52.7 Å². The average Bonchev–Trinajstić information content (AvgIpc) is 2.68. The fourth-order valence-corrected chi connectivity index (χ4v) is 2.90. The highest BCUT2D eigenvalue weighted by atomic mass is 32.2. The van der Waals surface area contributed by atoms with E-state index in [1.165, 1.54) is 35.4 Å². The summed E-state index contributed by atoms with van der Waals surface area (Å²) in [5, 5.41) is 0. The molecule has 0 aliphatic rings. The van der Waals surface area contributed by atoms with Crippen molar-refractivity contribution >= 4 is 23.6 Å². The maximum atomic E-state index is 12.1. The van der Waals surface area contributed by atoms with Gasteiger partial charge >= 0.3 is 15.6 Å². The fourth-order valence-electron chi connectivity index (χ4n) is 2.45. The highest BCUT2D eigenvalue weighted by Crippen LogP contribution is 2.29. The van der Waals surface area contributed by atoms with Gasteiger partial charge in [0.05, 0.1) is 0 Å². The molecule has 0 heterocycles. The van der Waals surface area contributed by atoms with E-state index < -0.39 is 15.6 Å². The van der Waals surface area contributed by atoms with Gasteiger partial charge in [-0.05, 0) is 34.2 Å². The van der Waals surface area contributed by atoms with Gasteiger partial charge in [0.15, 0.2) is 0 Å². The molecule has 3 aromatic carbocycles. The average molecular weight is 471 g/mol. The monoisotopic (exact) mass is 470 g/mol. The Bertz CT molecular complexity index is 990. The second-order valence-electron chi connectivity index (χ2n) is 7.49. The summed E-state index contributed by atoms with van der Waals surface area (Å²) in [5.74, 6) is -0.361. The minimum Gasteiger partial charge on any atom is -0.376 e. The first kappa shape index (κ1) is 26.6. The van der Waals surface area contributed by atoms with Crippen molar-refractivity contribution in [2.45, 2.75) is 31.7 Å². The van der Waals surface area contributed by atoms with Gasteiger partial charge in [0.1, 0.15) is 5.75 Å². The summed E-state index contributed by atoms with van der Waals surface area (Å²) in [6, 6.07) is 26.2. The van der Waals surface area contributed by atoms with Crippen molar-refractivity contribution in [3.63, 3.8) is 0 Å². The van der Waals surface area contributed by atoms with Gasteiger partial charge in [-0.15, -0.1) is 0 Å². The van der Waals surface area contributed by atoms with Gasteiger partial charge in [-0.2, -0.15) is 35.1 Å². The largest absolute Gasteiger partial charge is 0.534 e. The number of halogens is 3. The van der Waals surface area contributed by atoms with Crippen LogP contribution in [0.15, 0.2) is 84.9 Å². The fraction of sp³-hybridized carbons (Fsp3) is 0.217. The van der Waals surface area contributed by atoms with Gasteiger partial charge in [0.25, 0.3) is 0 Å². The van der Waals surface area contributed by atoms with Crippen LogP contribution in [0.4, 0.5) is 13.2 Å². The lowest BCUT2D eigenvalue weighted by Crippen LogP contribution is -2.28. The van der Waals surface area contributed by atoms with Crippen molar-refractivity contribution in [2.75, 3.05) is 0 Å². The van der Waals surface area contributed by atoms with E-state index >= 15 is 0 Å². The van der Waals surface area contributed by atoms with Crippen molar-refractivity contribution < 1.29 is 25.8 Å². The van der Waals surface area contributed by atoms with Gasteiger partial charge < -0.3 is 4.18 Å². The second kappa shape index (κ2) is 10.7. The normalized spacial score (nSPS) is 11.5. The molecular weight excluding hydrogens is 445 g/mol. The van der Waals surface area contributed by atoms with E-state index in [4.69, 9.17) is 0 Å². The molecule has 0 fully saturated rings. The van der Waals surface area contributed by atoms with E-state index in [1.54, 1.807) is 0 Å². The van der Waals surface area contributed by atoms with Gasteiger partial charge in [-0.25, -0.2) is 0 Å².